The van der Waals surface area contributed by atoms with Gasteiger partial charge >= 0.3 is 8.80 Å². The predicted molar refractivity (Wildman–Crippen MR) is 61.6 cm³/mol. The first kappa shape index (κ1) is 15.3. The van der Waals surface area contributed by atoms with Crippen LogP contribution in [-0.4, -0.2) is 45.3 Å². The van der Waals surface area contributed by atoms with Gasteiger partial charge in [-0.25, -0.2) is 0 Å². The first-order chi connectivity index (χ1) is 6.45. The highest BCUT2D eigenvalue weighted by molar-refractivity contribution is 6.73. The van der Waals surface area contributed by atoms with E-state index in [2.05, 4.69) is 0 Å². The summed E-state index contributed by atoms with van der Waals surface area (Å²) in [5, 5.41) is -1.41. The minimum absolute atomic E-state index is 0.702. The van der Waals surface area contributed by atoms with Crippen LogP contribution in [0.1, 0.15) is 0 Å². The van der Waals surface area contributed by atoms with Gasteiger partial charge in [-0.05, 0) is 0 Å². The van der Waals surface area contributed by atoms with Crippen molar-refractivity contribution >= 4 is 55.2 Å². The highest BCUT2D eigenvalue weighted by Gasteiger charge is 2.51. The van der Waals surface area contributed by atoms with E-state index >= 15 is 0 Å². The van der Waals surface area contributed by atoms with E-state index in [1.807, 2.05) is 0 Å². The van der Waals surface area contributed by atoms with Gasteiger partial charge in [0.05, 0.1) is 5.38 Å². The standard InChI is InChI=1S/C6H12Cl4O3Si/c1-11-14(12-2,13-3)6(10)4(7)5(8)9/h4-6H,1-3H3. The SMILES string of the molecule is CO[Si](OC)(OC)C(Cl)C(Cl)C(Cl)Cl. The first-order valence-electron chi connectivity index (χ1n) is 3.67. The monoisotopic (exact) mass is 300 g/mol. The Bertz CT molecular complexity index is 159. The van der Waals surface area contributed by atoms with E-state index < -0.39 is 24.0 Å². The summed E-state index contributed by atoms with van der Waals surface area (Å²) in [4.78, 5) is -0.813. The molecule has 0 aromatic carbocycles. The van der Waals surface area contributed by atoms with Crippen molar-refractivity contribution in [1.29, 1.82) is 0 Å². The molecule has 0 aliphatic rings. The Morgan fingerprint density at radius 3 is 1.43 bits per heavy atom. The summed E-state index contributed by atoms with van der Waals surface area (Å²) in [6.07, 6.45) is 0. The molecule has 0 N–H and O–H groups in total. The second kappa shape index (κ2) is 6.76. The third-order valence-electron chi connectivity index (χ3n) is 1.71. The van der Waals surface area contributed by atoms with Crippen LogP contribution in [0, 0.1) is 0 Å². The van der Waals surface area contributed by atoms with E-state index in [4.69, 9.17) is 59.7 Å². The summed E-state index contributed by atoms with van der Waals surface area (Å²) < 4.78 is 15.4. The topological polar surface area (TPSA) is 27.7 Å². The maximum absolute atomic E-state index is 6.04. The molecule has 8 heteroatoms. The predicted octanol–water partition coefficient (Wildman–Crippen LogP) is 2.42. The van der Waals surface area contributed by atoms with Gasteiger partial charge in [-0.2, -0.15) is 0 Å². The normalized spacial score (nSPS) is 17.1. The van der Waals surface area contributed by atoms with Crippen LogP contribution in [0.5, 0.6) is 0 Å². The van der Waals surface area contributed by atoms with Gasteiger partial charge in [0.15, 0.2) is 0 Å². The Balaban J connectivity index is 4.66. The third-order valence-corrected chi connectivity index (χ3v) is 7.17. The summed E-state index contributed by atoms with van der Waals surface area (Å²) in [7, 11) is 1.34. The van der Waals surface area contributed by atoms with E-state index in [0.29, 0.717) is 0 Å². The summed E-state index contributed by atoms with van der Waals surface area (Å²) in [6.45, 7) is 0. The lowest BCUT2D eigenvalue weighted by atomic mass is 10.5. The lowest BCUT2D eigenvalue weighted by Crippen LogP contribution is -2.56. The van der Waals surface area contributed by atoms with Crippen LogP contribution in [0.4, 0.5) is 0 Å². The molecule has 0 saturated carbocycles. The zero-order valence-electron chi connectivity index (χ0n) is 7.97. The fraction of sp³-hybridized carbons (Fsp3) is 1.00. The number of hydrogen-bond acceptors (Lipinski definition) is 3. The van der Waals surface area contributed by atoms with Crippen molar-refractivity contribution in [2.75, 3.05) is 21.3 Å². The summed E-state index contributed by atoms with van der Waals surface area (Å²) in [5.74, 6) is 0. The molecule has 86 valence electrons. The molecule has 0 amide bonds. The van der Waals surface area contributed by atoms with Crippen LogP contribution in [0.2, 0.25) is 0 Å². The van der Waals surface area contributed by atoms with Gasteiger partial charge in [0.2, 0.25) is 0 Å². The summed E-state index contributed by atoms with van der Waals surface area (Å²) >= 11 is 23.1. The van der Waals surface area contributed by atoms with E-state index in [9.17, 15) is 0 Å². The largest absolute Gasteiger partial charge is 0.520 e. The lowest BCUT2D eigenvalue weighted by Gasteiger charge is -2.31. The van der Waals surface area contributed by atoms with Crippen molar-refractivity contribution in [3.05, 3.63) is 0 Å². The Morgan fingerprint density at radius 2 is 1.21 bits per heavy atom. The molecule has 0 radical (unpaired) electrons. The van der Waals surface area contributed by atoms with E-state index in [0.717, 1.165) is 0 Å². The lowest BCUT2D eigenvalue weighted by molar-refractivity contribution is 0.120. The molecule has 0 rings (SSSR count). The van der Waals surface area contributed by atoms with Crippen LogP contribution in [0.25, 0.3) is 0 Å². The zero-order chi connectivity index (χ0) is 11.4. The van der Waals surface area contributed by atoms with Crippen molar-refractivity contribution < 1.29 is 13.3 Å². The minimum Gasteiger partial charge on any atom is -0.376 e. The maximum Gasteiger partial charge on any atom is 0.520 e. The van der Waals surface area contributed by atoms with Gasteiger partial charge in [0.25, 0.3) is 0 Å². The Morgan fingerprint density at radius 1 is 0.857 bits per heavy atom. The van der Waals surface area contributed by atoms with Crippen molar-refractivity contribution in [3.63, 3.8) is 0 Å². The van der Waals surface area contributed by atoms with E-state index in [1.54, 1.807) is 0 Å². The molecule has 0 heterocycles. The molecule has 0 fully saturated rings. The molecular weight excluding hydrogens is 290 g/mol. The first-order valence-corrected chi connectivity index (χ1v) is 7.21. The van der Waals surface area contributed by atoms with Crippen molar-refractivity contribution in [3.8, 4) is 0 Å². The molecule has 0 aromatic heterocycles. The molecular formula is C6H12Cl4O3Si. The van der Waals surface area contributed by atoms with Gasteiger partial charge < -0.3 is 13.3 Å². The Labute approximate surface area is 105 Å². The van der Waals surface area contributed by atoms with Crippen LogP contribution >= 0.6 is 46.4 Å². The van der Waals surface area contributed by atoms with Crippen LogP contribution in [0.3, 0.4) is 0 Å². The average molecular weight is 302 g/mol. The molecule has 0 spiro atoms. The molecule has 2 atom stereocenters. The fourth-order valence-electron chi connectivity index (χ4n) is 0.910. The molecule has 0 aliphatic carbocycles. The van der Waals surface area contributed by atoms with Crippen LogP contribution in [0.15, 0.2) is 0 Å². The van der Waals surface area contributed by atoms with Gasteiger partial charge in [-0.1, -0.05) is 0 Å². The molecule has 3 nitrogen and oxygen atoms in total. The highest BCUT2D eigenvalue weighted by atomic mass is 35.5. The van der Waals surface area contributed by atoms with Gasteiger partial charge in [0, 0.05) is 21.3 Å². The highest BCUT2D eigenvalue weighted by Crippen LogP contribution is 2.29. The van der Waals surface area contributed by atoms with Gasteiger partial charge in [-0.3, -0.25) is 0 Å². The zero-order valence-corrected chi connectivity index (χ0v) is 12.0. The number of halogens is 4. The second-order valence-electron chi connectivity index (χ2n) is 2.40. The average Bonchev–Trinajstić information content (AvgIpc) is 2.19. The van der Waals surface area contributed by atoms with Gasteiger partial charge in [0.1, 0.15) is 9.84 Å². The van der Waals surface area contributed by atoms with E-state index in [1.165, 1.54) is 21.3 Å². The van der Waals surface area contributed by atoms with Crippen molar-refractivity contribution in [2.24, 2.45) is 0 Å². The number of hydrogen-bond donors (Lipinski definition) is 0. The molecule has 0 bridgehead atoms. The Hall–Kier alpha value is 1.26. The molecule has 14 heavy (non-hydrogen) atoms. The Kier molecular flexibility index (Phi) is 7.36. The van der Waals surface area contributed by atoms with Crippen LogP contribution < -0.4 is 0 Å². The summed E-state index contributed by atoms with van der Waals surface area (Å²) in [6, 6.07) is 0. The fourth-order valence-corrected chi connectivity index (χ4v) is 4.76. The third kappa shape index (κ3) is 3.38. The molecule has 0 aromatic rings. The quantitative estimate of drug-likeness (QED) is 0.557. The second-order valence-corrected chi connectivity index (χ2v) is 7.95. The molecule has 2 unspecified atom stereocenters. The van der Waals surface area contributed by atoms with E-state index in [-0.39, 0.29) is 0 Å². The summed E-state index contributed by atoms with van der Waals surface area (Å²) in [5.41, 5.74) is 0. The number of alkyl halides is 4. The van der Waals surface area contributed by atoms with Crippen LogP contribution in [-0.2, 0) is 13.3 Å². The minimum atomic E-state index is -2.98. The van der Waals surface area contributed by atoms with Gasteiger partial charge in [-0.15, -0.1) is 46.4 Å². The molecule has 0 saturated heterocycles. The number of rotatable bonds is 6. The van der Waals surface area contributed by atoms with Crippen molar-refractivity contribution in [2.45, 2.75) is 15.2 Å². The maximum atomic E-state index is 6.04. The van der Waals surface area contributed by atoms with Crippen molar-refractivity contribution in [1.82, 2.24) is 0 Å². The smallest absolute Gasteiger partial charge is 0.376 e. The molecule has 0 aliphatic heterocycles.